The Morgan fingerprint density at radius 1 is 1.41 bits per heavy atom. The van der Waals surface area contributed by atoms with Gasteiger partial charge in [0.25, 0.3) is 5.91 Å². The van der Waals surface area contributed by atoms with Gasteiger partial charge in [-0.05, 0) is 44.5 Å². The molecule has 0 spiro atoms. The maximum atomic E-state index is 12.3. The lowest BCUT2D eigenvalue weighted by Gasteiger charge is -2.07. The number of amides is 1. The van der Waals surface area contributed by atoms with E-state index in [0.29, 0.717) is 25.2 Å². The van der Waals surface area contributed by atoms with Crippen LogP contribution in [0.2, 0.25) is 0 Å². The van der Waals surface area contributed by atoms with Crippen LogP contribution < -0.4 is 11.1 Å². The van der Waals surface area contributed by atoms with Crippen LogP contribution in [0.15, 0.2) is 28.7 Å². The van der Waals surface area contributed by atoms with Crippen LogP contribution in [0.5, 0.6) is 0 Å². The van der Waals surface area contributed by atoms with Gasteiger partial charge < -0.3 is 11.1 Å². The number of aromatic nitrogens is 2. The highest BCUT2D eigenvalue weighted by Crippen LogP contribution is 2.17. The second kappa shape index (κ2) is 7.56. The number of aryl methyl sites for hydroxylation is 1. The van der Waals surface area contributed by atoms with Crippen molar-refractivity contribution in [3.05, 3.63) is 51.3 Å². The van der Waals surface area contributed by atoms with Crippen LogP contribution in [-0.2, 0) is 6.54 Å². The van der Waals surface area contributed by atoms with Crippen molar-refractivity contribution in [3.8, 4) is 0 Å². The first-order valence-electron chi connectivity index (χ1n) is 7.29. The molecule has 2 rings (SSSR count). The Morgan fingerprint density at radius 3 is 2.86 bits per heavy atom. The quantitative estimate of drug-likeness (QED) is 0.772. The SMILES string of the molecule is Cc1nn(Cc2cccc(Br)c2)c(C)c1C(=O)NCCCN. The van der Waals surface area contributed by atoms with E-state index in [1.165, 1.54) is 0 Å². The van der Waals surface area contributed by atoms with E-state index in [1.807, 2.05) is 36.7 Å². The number of nitrogens with one attached hydrogen (secondary N) is 1. The molecule has 1 aromatic carbocycles. The molecular formula is C16H21BrN4O. The van der Waals surface area contributed by atoms with Gasteiger partial charge in [0.2, 0.25) is 0 Å². The number of benzene rings is 1. The van der Waals surface area contributed by atoms with Crippen LogP contribution in [0.4, 0.5) is 0 Å². The van der Waals surface area contributed by atoms with Crippen molar-refractivity contribution in [2.75, 3.05) is 13.1 Å². The molecule has 22 heavy (non-hydrogen) atoms. The Hall–Kier alpha value is -1.66. The molecule has 0 aliphatic heterocycles. The summed E-state index contributed by atoms with van der Waals surface area (Å²) in [6, 6.07) is 8.08. The van der Waals surface area contributed by atoms with Crippen molar-refractivity contribution in [1.29, 1.82) is 0 Å². The number of halogens is 1. The van der Waals surface area contributed by atoms with Crippen molar-refractivity contribution in [2.45, 2.75) is 26.8 Å². The highest BCUT2D eigenvalue weighted by molar-refractivity contribution is 9.10. The number of nitrogens with zero attached hydrogens (tertiary/aromatic N) is 2. The summed E-state index contributed by atoms with van der Waals surface area (Å²) in [5.41, 5.74) is 8.86. The van der Waals surface area contributed by atoms with Gasteiger partial charge in [0.15, 0.2) is 0 Å². The van der Waals surface area contributed by atoms with E-state index in [4.69, 9.17) is 5.73 Å². The number of carbonyl (C=O) groups excluding carboxylic acids is 1. The summed E-state index contributed by atoms with van der Waals surface area (Å²) in [6.07, 6.45) is 0.774. The van der Waals surface area contributed by atoms with E-state index < -0.39 is 0 Å². The van der Waals surface area contributed by atoms with Gasteiger partial charge in [-0.25, -0.2) is 0 Å². The third kappa shape index (κ3) is 3.96. The molecular weight excluding hydrogens is 344 g/mol. The zero-order valence-electron chi connectivity index (χ0n) is 12.9. The molecule has 6 heteroatoms. The molecule has 0 atom stereocenters. The Morgan fingerprint density at radius 2 is 2.18 bits per heavy atom. The van der Waals surface area contributed by atoms with E-state index >= 15 is 0 Å². The lowest BCUT2D eigenvalue weighted by molar-refractivity contribution is 0.0952. The van der Waals surface area contributed by atoms with Gasteiger partial charge >= 0.3 is 0 Å². The first-order chi connectivity index (χ1) is 10.5. The predicted molar refractivity (Wildman–Crippen MR) is 90.9 cm³/mol. The van der Waals surface area contributed by atoms with E-state index in [-0.39, 0.29) is 5.91 Å². The minimum atomic E-state index is -0.0797. The summed E-state index contributed by atoms with van der Waals surface area (Å²) in [4.78, 5) is 12.3. The zero-order valence-corrected chi connectivity index (χ0v) is 14.5. The molecule has 118 valence electrons. The van der Waals surface area contributed by atoms with Gasteiger partial charge in [0, 0.05) is 16.7 Å². The van der Waals surface area contributed by atoms with Gasteiger partial charge in [-0.2, -0.15) is 5.10 Å². The zero-order chi connectivity index (χ0) is 16.1. The topological polar surface area (TPSA) is 72.9 Å². The largest absolute Gasteiger partial charge is 0.352 e. The third-order valence-corrected chi connectivity index (χ3v) is 3.99. The fourth-order valence-corrected chi connectivity index (χ4v) is 2.83. The normalized spacial score (nSPS) is 10.7. The number of hydrogen-bond acceptors (Lipinski definition) is 3. The van der Waals surface area contributed by atoms with Crippen molar-refractivity contribution < 1.29 is 4.79 Å². The van der Waals surface area contributed by atoms with Crippen LogP contribution in [0, 0.1) is 13.8 Å². The van der Waals surface area contributed by atoms with Gasteiger partial charge in [0.05, 0.1) is 17.8 Å². The summed E-state index contributed by atoms with van der Waals surface area (Å²) in [6.45, 7) is 5.59. The van der Waals surface area contributed by atoms with Crippen molar-refractivity contribution in [2.24, 2.45) is 5.73 Å². The molecule has 5 nitrogen and oxygen atoms in total. The Balaban J connectivity index is 2.18. The molecule has 0 fully saturated rings. The van der Waals surface area contributed by atoms with Gasteiger partial charge in [-0.15, -0.1) is 0 Å². The first-order valence-corrected chi connectivity index (χ1v) is 8.09. The molecule has 0 aliphatic carbocycles. The summed E-state index contributed by atoms with van der Waals surface area (Å²) in [5, 5.41) is 7.39. The van der Waals surface area contributed by atoms with E-state index in [9.17, 15) is 4.79 Å². The van der Waals surface area contributed by atoms with Crippen molar-refractivity contribution in [1.82, 2.24) is 15.1 Å². The monoisotopic (exact) mass is 364 g/mol. The average molecular weight is 365 g/mol. The standard InChI is InChI=1S/C16H21BrN4O/c1-11-15(16(22)19-8-4-7-18)12(2)21(20-11)10-13-5-3-6-14(17)9-13/h3,5-6,9H,4,7-8,10,18H2,1-2H3,(H,19,22). The number of carbonyl (C=O) groups is 1. The molecule has 1 aromatic heterocycles. The molecule has 0 radical (unpaired) electrons. The number of hydrogen-bond donors (Lipinski definition) is 2. The average Bonchev–Trinajstić information content (AvgIpc) is 2.73. The predicted octanol–water partition coefficient (Wildman–Crippen LogP) is 2.39. The van der Waals surface area contributed by atoms with Crippen LogP contribution in [-0.4, -0.2) is 28.8 Å². The highest BCUT2D eigenvalue weighted by Gasteiger charge is 2.18. The lowest BCUT2D eigenvalue weighted by atomic mass is 10.1. The maximum absolute atomic E-state index is 12.3. The fourth-order valence-electron chi connectivity index (χ4n) is 2.38. The molecule has 0 bridgehead atoms. The smallest absolute Gasteiger partial charge is 0.255 e. The van der Waals surface area contributed by atoms with Crippen LogP contribution in [0.25, 0.3) is 0 Å². The molecule has 0 aliphatic rings. The lowest BCUT2D eigenvalue weighted by Crippen LogP contribution is -2.27. The minimum absolute atomic E-state index is 0.0797. The third-order valence-electron chi connectivity index (χ3n) is 3.50. The molecule has 3 N–H and O–H groups in total. The number of rotatable bonds is 6. The van der Waals surface area contributed by atoms with Crippen molar-refractivity contribution >= 4 is 21.8 Å². The molecule has 0 saturated heterocycles. The maximum Gasteiger partial charge on any atom is 0.255 e. The highest BCUT2D eigenvalue weighted by atomic mass is 79.9. The minimum Gasteiger partial charge on any atom is -0.352 e. The van der Waals surface area contributed by atoms with Crippen molar-refractivity contribution in [3.63, 3.8) is 0 Å². The van der Waals surface area contributed by atoms with Crippen LogP contribution in [0.3, 0.4) is 0 Å². The molecule has 2 aromatic rings. The summed E-state index contributed by atoms with van der Waals surface area (Å²) < 4.78 is 2.90. The first kappa shape index (κ1) is 16.7. The summed E-state index contributed by atoms with van der Waals surface area (Å²) >= 11 is 3.47. The van der Waals surface area contributed by atoms with Gasteiger partial charge in [-0.3, -0.25) is 9.48 Å². The van der Waals surface area contributed by atoms with Crippen LogP contribution >= 0.6 is 15.9 Å². The van der Waals surface area contributed by atoms with Gasteiger partial charge in [0.1, 0.15) is 0 Å². The molecule has 1 amide bonds. The Labute approximate surface area is 139 Å². The molecule has 1 heterocycles. The molecule has 0 unspecified atom stereocenters. The van der Waals surface area contributed by atoms with E-state index in [1.54, 1.807) is 0 Å². The van der Waals surface area contributed by atoms with E-state index in [2.05, 4.69) is 32.4 Å². The van der Waals surface area contributed by atoms with Crippen LogP contribution in [0.1, 0.15) is 33.7 Å². The molecule has 0 saturated carbocycles. The Bertz CT molecular complexity index is 666. The second-order valence-electron chi connectivity index (χ2n) is 5.23. The fraction of sp³-hybridized carbons (Fsp3) is 0.375. The number of nitrogens with two attached hydrogens (primary N) is 1. The Kier molecular flexibility index (Phi) is 5.74. The summed E-state index contributed by atoms with van der Waals surface area (Å²) in [5.74, 6) is -0.0797. The summed E-state index contributed by atoms with van der Waals surface area (Å²) in [7, 11) is 0. The second-order valence-corrected chi connectivity index (χ2v) is 6.15. The van der Waals surface area contributed by atoms with E-state index in [0.717, 1.165) is 27.8 Å². The van der Waals surface area contributed by atoms with Gasteiger partial charge in [-0.1, -0.05) is 28.1 Å².